The first kappa shape index (κ1) is 28.8. The Morgan fingerprint density at radius 3 is 2.41 bits per heavy atom. The van der Waals surface area contributed by atoms with Gasteiger partial charge in [0, 0.05) is 23.2 Å². The number of halogens is 1. The zero-order valence-electron chi connectivity index (χ0n) is 22.8. The molecule has 5 rings (SSSR count). The number of benzene rings is 3. The van der Waals surface area contributed by atoms with Crippen LogP contribution < -0.4 is 19.7 Å². The summed E-state index contributed by atoms with van der Waals surface area (Å²) in [6, 6.07) is 21.1. The Hall–Kier alpha value is -3.73. The van der Waals surface area contributed by atoms with Crippen LogP contribution in [0.3, 0.4) is 0 Å². The highest BCUT2D eigenvalue weighted by molar-refractivity contribution is 7.89. The maximum absolute atomic E-state index is 14.1. The van der Waals surface area contributed by atoms with Crippen molar-refractivity contribution in [2.45, 2.75) is 48.7 Å². The smallest absolute Gasteiger partial charge is 0.272 e. The van der Waals surface area contributed by atoms with Crippen molar-refractivity contribution in [3.63, 3.8) is 0 Å². The zero-order chi connectivity index (χ0) is 29.2. The lowest BCUT2D eigenvalue weighted by atomic mass is 9.82. The Morgan fingerprint density at radius 1 is 1.02 bits per heavy atom. The van der Waals surface area contributed by atoms with Gasteiger partial charge >= 0.3 is 0 Å². The van der Waals surface area contributed by atoms with E-state index in [1.807, 2.05) is 54.6 Å². The number of nitrogens with zero attached hydrogens (tertiary/aromatic N) is 2. The summed E-state index contributed by atoms with van der Waals surface area (Å²) in [4.78, 5) is 33.8. The van der Waals surface area contributed by atoms with Crippen LogP contribution in [0.4, 0.5) is 5.69 Å². The van der Waals surface area contributed by atoms with Crippen molar-refractivity contribution in [1.29, 1.82) is 0 Å². The molecule has 1 aliphatic heterocycles. The fourth-order valence-electron chi connectivity index (χ4n) is 5.41. The van der Waals surface area contributed by atoms with E-state index in [2.05, 4.69) is 10.0 Å². The first-order valence-electron chi connectivity index (χ1n) is 13.3. The zero-order valence-corrected chi connectivity index (χ0v) is 24.3. The first-order chi connectivity index (χ1) is 19.6. The average molecular weight is 595 g/mol. The van der Waals surface area contributed by atoms with Crippen LogP contribution in [0, 0.1) is 0 Å². The number of methoxy groups -OCH3 is 1. The number of ether oxygens (including phenoxy) is 1. The molecular weight excluding hydrogens is 564 g/mol. The Balaban J connectivity index is 1.53. The molecule has 3 aromatic rings. The molecule has 214 valence electrons. The minimum Gasteiger partial charge on any atom is -0.495 e. The standard InChI is InChI=1S/C30H31ClN4O5S/c1-35-23-14-8-7-13-22(23)26(20-11-5-3-6-12-20)32-27(28(35)36)33-29(37)30(17-9-4-10-18-30)34-41(38,39)25-19-21(31)15-16-24(25)40-2/h3,5-8,11-16,19,27,34H,4,9-10,17-18H2,1-2H3,(H,33,37). The van der Waals surface area contributed by atoms with E-state index in [-0.39, 0.29) is 28.5 Å². The lowest BCUT2D eigenvalue weighted by Crippen LogP contribution is -2.62. The van der Waals surface area contributed by atoms with E-state index in [0.29, 0.717) is 24.2 Å². The van der Waals surface area contributed by atoms with Crippen molar-refractivity contribution in [1.82, 2.24) is 10.0 Å². The van der Waals surface area contributed by atoms with Gasteiger partial charge in [0.2, 0.25) is 22.1 Å². The van der Waals surface area contributed by atoms with Crippen molar-refractivity contribution in [3.05, 3.63) is 88.9 Å². The number of anilines is 1. The van der Waals surface area contributed by atoms with Crippen LogP contribution in [0.1, 0.15) is 43.2 Å². The number of para-hydroxylation sites is 1. The minimum atomic E-state index is -4.25. The number of aliphatic imine (C=N–C) groups is 1. The van der Waals surface area contributed by atoms with E-state index in [0.717, 1.165) is 17.5 Å². The molecule has 41 heavy (non-hydrogen) atoms. The first-order valence-corrected chi connectivity index (χ1v) is 15.2. The molecule has 3 aromatic carbocycles. The summed E-state index contributed by atoms with van der Waals surface area (Å²) >= 11 is 6.11. The van der Waals surface area contributed by atoms with Crippen LogP contribution in [0.25, 0.3) is 0 Å². The van der Waals surface area contributed by atoms with Gasteiger partial charge in [0.15, 0.2) is 0 Å². The van der Waals surface area contributed by atoms with Gasteiger partial charge in [-0.1, -0.05) is 79.4 Å². The molecule has 11 heteroatoms. The Morgan fingerprint density at radius 2 is 1.71 bits per heavy atom. The van der Waals surface area contributed by atoms with Gasteiger partial charge in [-0.25, -0.2) is 13.4 Å². The number of fused-ring (bicyclic) bond motifs is 1. The van der Waals surface area contributed by atoms with Crippen LogP contribution in [-0.2, 0) is 19.6 Å². The lowest BCUT2D eigenvalue weighted by molar-refractivity contribution is -0.132. The molecule has 1 fully saturated rings. The maximum Gasteiger partial charge on any atom is 0.272 e. The van der Waals surface area contributed by atoms with Gasteiger partial charge in [0.25, 0.3) is 5.91 Å². The van der Waals surface area contributed by atoms with E-state index in [4.69, 9.17) is 21.3 Å². The number of nitrogens with one attached hydrogen (secondary N) is 2. The van der Waals surface area contributed by atoms with Gasteiger partial charge in [-0.3, -0.25) is 9.59 Å². The molecule has 1 aliphatic carbocycles. The Labute approximate surface area is 244 Å². The largest absolute Gasteiger partial charge is 0.495 e. The van der Waals surface area contributed by atoms with Gasteiger partial charge in [-0.2, -0.15) is 4.72 Å². The number of benzodiazepines with no additional fused rings is 1. The number of sulfonamides is 1. The van der Waals surface area contributed by atoms with Crippen molar-refractivity contribution in [3.8, 4) is 5.75 Å². The lowest BCUT2D eigenvalue weighted by Gasteiger charge is -2.37. The number of carbonyl (C=O) groups excluding carboxylic acids is 2. The van der Waals surface area contributed by atoms with Gasteiger partial charge in [0.05, 0.1) is 18.5 Å². The van der Waals surface area contributed by atoms with Crippen LogP contribution in [0.15, 0.2) is 82.7 Å². The van der Waals surface area contributed by atoms with E-state index < -0.39 is 33.5 Å². The predicted octanol–water partition coefficient (Wildman–Crippen LogP) is 4.29. The second-order valence-corrected chi connectivity index (χ2v) is 12.3. The molecule has 1 saturated carbocycles. The molecule has 0 saturated heterocycles. The van der Waals surface area contributed by atoms with E-state index >= 15 is 0 Å². The second-order valence-electron chi connectivity index (χ2n) is 10.2. The summed E-state index contributed by atoms with van der Waals surface area (Å²) in [7, 11) is -1.26. The van der Waals surface area contributed by atoms with Gasteiger partial charge in [0.1, 0.15) is 16.2 Å². The third-order valence-electron chi connectivity index (χ3n) is 7.54. The number of likely N-dealkylation sites (N-methyl/N-ethyl adjacent to an activating group) is 1. The van der Waals surface area contributed by atoms with Gasteiger partial charge in [-0.05, 0) is 37.1 Å². The van der Waals surface area contributed by atoms with E-state index in [1.54, 1.807) is 7.05 Å². The van der Waals surface area contributed by atoms with Crippen molar-refractivity contribution >= 4 is 44.8 Å². The SMILES string of the molecule is COc1ccc(Cl)cc1S(=O)(=O)NC1(C(=O)NC2N=C(c3ccccc3)c3ccccc3N(C)C2=O)CCCCC1. The molecule has 2 amide bonds. The van der Waals surface area contributed by atoms with Crippen LogP contribution in [-0.4, -0.2) is 51.8 Å². The molecule has 2 aliphatic rings. The molecule has 0 spiro atoms. The maximum atomic E-state index is 14.1. The van der Waals surface area contributed by atoms with Gasteiger partial charge in [-0.15, -0.1) is 0 Å². The molecule has 0 aromatic heterocycles. The third-order valence-corrected chi connectivity index (χ3v) is 9.34. The highest BCUT2D eigenvalue weighted by Crippen LogP contribution is 2.34. The number of hydrogen-bond donors (Lipinski definition) is 2. The summed E-state index contributed by atoms with van der Waals surface area (Å²) in [6.07, 6.45) is 1.35. The van der Waals surface area contributed by atoms with E-state index in [9.17, 15) is 18.0 Å². The summed E-state index contributed by atoms with van der Waals surface area (Å²) in [5.74, 6) is -0.957. The molecule has 9 nitrogen and oxygen atoms in total. The number of carbonyl (C=O) groups is 2. The molecular formula is C30H31ClN4O5S. The van der Waals surface area contributed by atoms with Crippen molar-refractivity contribution in [2.75, 3.05) is 19.1 Å². The molecule has 2 N–H and O–H groups in total. The van der Waals surface area contributed by atoms with E-state index in [1.165, 1.54) is 30.2 Å². The number of amides is 2. The highest BCUT2D eigenvalue weighted by Gasteiger charge is 2.45. The number of rotatable bonds is 7. The van der Waals surface area contributed by atoms with Crippen LogP contribution in [0.2, 0.25) is 5.02 Å². The fourth-order valence-corrected chi connectivity index (χ4v) is 7.26. The quantitative estimate of drug-likeness (QED) is 0.423. The fraction of sp³-hybridized carbons (Fsp3) is 0.300. The second kappa shape index (κ2) is 11.6. The molecule has 0 radical (unpaired) electrons. The highest BCUT2D eigenvalue weighted by atomic mass is 35.5. The van der Waals surface area contributed by atoms with Crippen LogP contribution >= 0.6 is 11.6 Å². The average Bonchev–Trinajstić information content (AvgIpc) is 3.08. The van der Waals surface area contributed by atoms with Crippen LogP contribution in [0.5, 0.6) is 5.75 Å². The molecule has 1 atom stereocenters. The molecule has 0 bridgehead atoms. The third kappa shape index (κ3) is 5.72. The predicted molar refractivity (Wildman–Crippen MR) is 158 cm³/mol. The molecule has 1 unspecified atom stereocenters. The topological polar surface area (TPSA) is 117 Å². The minimum absolute atomic E-state index is 0.101. The number of hydrogen-bond acceptors (Lipinski definition) is 6. The summed E-state index contributed by atoms with van der Waals surface area (Å²) in [5.41, 5.74) is 1.23. The molecule has 1 heterocycles. The normalized spacial score (nSPS) is 18.6. The summed E-state index contributed by atoms with van der Waals surface area (Å²) in [5, 5.41) is 3.01. The van der Waals surface area contributed by atoms with Crippen molar-refractivity contribution in [2.24, 2.45) is 4.99 Å². The Bertz CT molecular complexity index is 1600. The Kier molecular flexibility index (Phi) is 8.17. The summed E-state index contributed by atoms with van der Waals surface area (Å²) < 4.78 is 35.3. The van der Waals surface area contributed by atoms with Gasteiger partial charge < -0.3 is 15.0 Å². The monoisotopic (exact) mass is 594 g/mol. The van der Waals surface area contributed by atoms with Crippen molar-refractivity contribution < 1.29 is 22.7 Å². The summed E-state index contributed by atoms with van der Waals surface area (Å²) in [6.45, 7) is 0.